The van der Waals surface area contributed by atoms with E-state index in [0.717, 1.165) is 18.8 Å². The van der Waals surface area contributed by atoms with E-state index >= 15 is 0 Å². The molecular weight excluding hydrogens is 266 g/mol. The highest BCUT2D eigenvalue weighted by molar-refractivity contribution is 6.32. The average Bonchev–Trinajstić information content (AvgIpc) is 2.85. The Morgan fingerprint density at radius 1 is 1.42 bits per heavy atom. The normalized spacial score (nSPS) is 10.7. The number of aromatic nitrogens is 3. The zero-order valence-corrected chi connectivity index (χ0v) is 11.5. The topological polar surface area (TPSA) is 60.2 Å². The Kier molecular flexibility index (Phi) is 4.76. The molecule has 0 fully saturated rings. The Labute approximate surface area is 116 Å². The van der Waals surface area contributed by atoms with Gasteiger partial charge in [0.25, 0.3) is 0 Å². The van der Waals surface area contributed by atoms with Crippen molar-refractivity contribution in [2.75, 3.05) is 0 Å². The van der Waals surface area contributed by atoms with Gasteiger partial charge in [-0.1, -0.05) is 30.7 Å². The van der Waals surface area contributed by atoms with Gasteiger partial charge in [-0.05, 0) is 12.5 Å². The second-order valence-corrected chi connectivity index (χ2v) is 4.48. The summed E-state index contributed by atoms with van der Waals surface area (Å²) in [7, 11) is 0. The Morgan fingerprint density at radius 2 is 2.26 bits per heavy atom. The van der Waals surface area contributed by atoms with E-state index in [1.807, 2.05) is 0 Å². The molecule has 1 aromatic heterocycles. The van der Waals surface area contributed by atoms with Crippen LogP contribution in [0.2, 0.25) is 5.02 Å². The molecule has 0 aliphatic heterocycles. The van der Waals surface area contributed by atoms with Crippen LogP contribution in [0.4, 0.5) is 0 Å². The smallest absolute Gasteiger partial charge is 0.164 e. The van der Waals surface area contributed by atoms with Gasteiger partial charge in [-0.25, -0.2) is 9.67 Å². The summed E-state index contributed by atoms with van der Waals surface area (Å²) in [6.45, 7) is 3.03. The molecular formula is C13H16ClN3O2. The second kappa shape index (κ2) is 6.54. The number of aryl methyl sites for hydroxylation is 1. The van der Waals surface area contributed by atoms with E-state index in [1.165, 1.54) is 6.33 Å². The summed E-state index contributed by atoms with van der Waals surface area (Å²) in [6, 6.07) is 5.28. The largest absolute Gasteiger partial charge is 0.484 e. The zero-order chi connectivity index (χ0) is 13.7. The summed E-state index contributed by atoms with van der Waals surface area (Å²) in [6.07, 6.45) is 2.48. The lowest BCUT2D eigenvalue weighted by molar-refractivity contribution is 0.252. The third kappa shape index (κ3) is 3.24. The van der Waals surface area contributed by atoms with Crippen LogP contribution in [-0.2, 0) is 19.8 Å². The second-order valence-electron chi connectivity index (χ2n) is 4.07. The Morgan fingerprint density at radius 3 is 3.00 bits per heavy atom. The molecule has 2 aromatic rings. The fourth-order valence-electron chi connectivity index (χ4n) is 1.77. The van der Waals surface area contributed by atoms with Crippen LogP contribution in [-0.4, -0.2) is 19.9 Å². The molecule has 2 rings (SSSR count). The summed E-state index contributed by atoms with van der Waals surface area (Å²) in [4.78, 5) is 4.16. The van der Waals surface area contributed by atoms with E-state index in [2.05, 4.69) is 17.0 Å². The minimum Gasteiger partial charge on any atom is -0.484 e. The number of hydrogen-bond donors (Lipinski definition) is 1. The van der Waals surface area contributed by atoms with Crippen molar-refractivity contribution >= 4 is 11.6 Å². The number of ether oxygens (including phenoxy) is 1. The van der Waals surface area contributed by atoms with Crippen molar-refractivity contribution in [3.63, 3.8) is 0 Å². The lowest BCUT2D eigenvalue weighted by atomic mass is 10.2. The molecule has 0 radical (unpaired) electrons. The number of benzene rings is 1. The van der Waals surface area contributed by atoms with Crippen molar-refractivity contribution < 1.29 is 9.84 Å². The van der Waals surface area contributed by atoms with Gasteiger partial charge in [-0.2, -0.15) is 5.10 Å². The SMILES string of the molecule is CCCn1ncnc1COc1c(Cl)cccc1CO. The monoisotopic (exact) mass is 281 g/mol. The Balaban J connectivity index is 2.12. The molecule has 0 amide bonds. The van der Waals surface area contributed by atoms with Crippen LogP contribution in [0, 0.1) is 0 Å². The van der Waals surface area contributed by atoms with E-state index < -0.39 is 0 Å². The lowest BCUT2D eigenvalue weighted by Crippen LogP contribution is -2.09. The molecule has 0 bridgehead atoms. The molecule has 1 aromatic carbocycles. The molecule has 0 unspecified atom stereocenters. The third-order valence-corrected chi connectivity index (χ3v) is 2.99. The van der Waals surface area contributed by atoms with E-state index in [1.54, 1.807) is 22.9 Å². The number of rotatable bonds is 6. The minimum atomic E-state index is -0.114. The number of aliphatic hydroxyl groups is 1. The molecule has 0 atom stereocenters. The highest BCUT2D eigenvalue weighted by Crippen LogP contribution is 2.29. The molecule has 1 N–H and O–H groups in total. The van der Waals surface area contributed by atoms with Crippen LogP contribution in [0.1, 0.15) is 24.7 Å². The van der Waals surface area contributed by atoms with Crippen LogP contribution in [0.3, 0.4) is 0 Å². The van der Waals surface area contributed by atoms with Gasteiger partial charge in [0.15, 0.2) is 5.82 Å². The quantitative estimate of drug-likeness (QED) is 0.883. The Hall–Kier alpha value is -1.59. The number of aliphatic hydroxyl groups excluding tert-OH is 1. The average molecular weight is 282 g/mol. The maximum absolute atomic E-state index is 9.27. The van der Waals surface area contributed by atoms with Gasteiger partial charge >= 0.3 is 0 Å². The van der Waals surface area contributed by atoms with Crippen LogP contribution in [0.15, 0.2) is 24.5 Å². The summed E-state index contributed by atoms with van der Waals surface area (Å²) in [5, 5.41) is 13.9. The van der Waals surface area contributed by atoms with E-state index in [-0.39, 0.29) is 13.2 Å². The molecule has 0 saturated carbocycles. The molecule has 0 saturated heterocycles. The summed E-state index contributed by atoms with van der Waals surface area (Å²) >= 11 is 6.07. The first kappa shape index (κ1) is 13.8. The zero-order valence-electron chi connectivity index (χ0n) is 10.7. The first-order valence-electron chi connectivity index (χ1n) is 6.14. The molecule has 1 heterocycles. The third-order valence-electron chi connectivity index (χ3n) is 2.70. The van der Waals surface area contributed by atoms with Gasteiger partial charge in [0.1, 0.15) is 18.7 Å². The molecule has 0 spiro atoms. The van der Waals surface area contributed by atoms with Gasteiger partial charge in [0.2, 0.25) is 0 Å². The number of nitrogens with zero attached hydrogens (tertiary/aromatic N) is 3. The maximum atomic E-state index is 9.27. The molecule has 19 heavy (non-hydrogen) atoms. The van der Waals surface area contributed by atoms with Gasteiger partial charge in [-0.15, -0.1) is 0 Å². The van der Waals surface area contributed by atoms with Gasteiger partial charge in [0, 0.05) is 12.1 Å². The summed E-state index contributed by atoms with van der Waals surface area (Å²) in [5.41, 5.74) is 0.661. The van der Waals surface area contributed by atoms with Gasteiger partial charge in [0.05, 0.1) is 11.6 Å². The Bertz CT molecular complexity index is 542. The number of halogens is 1. The van der Waals surface area contributed by atoms with E-state index in [9.17, 15) is 5.11 Å². The van der Waals surface area contributed by atoms with Crippen LogP contribution in [0.5, 0.6) is 5.75 Å². The summed E-state index contributed by atoms with van der Waals surface area (Å²) < 4.78 is 7.48. The lowest BCUT2D eigenvalue weighted by Gasteiger charge is -2.11. The molecule has 102 valence electrons. The fraction of sp³-hybridized carbons (Fsp3) is 0.385. The first-order chi connectivity index (χ1) is 9.26. The highest BCUT2D eigenvalue weighted by Gasteiger charge is 2.10. The molecule has 6 heteroatoms. The predicted octanol–water partition coefficient (Wildman–Crippen LogP) is 2.41. The highest BCUT2D eigenvalue weighted by atomic mass is 35.5. The van der Waals surface area contributed by atoms with Gasteiger partial charge in [-0.3, -0.25) is 0 Å². The first-order valence-corrected chi connectivity index (χ1v) is 6.51. The number of hydrogen-bond acceptors (Lipinski definition) is 4. The standard InChI is InChI=1S/C13H16ClN3O2/c1-2-6-17-12(15-9-16-17)8-19-13-10(7-18)4-3-5-11(13)14/h3-5,9,18H,2,6-8H2,1H3. The molecule has 0 aliphatic rings. The van der Waals surface area contributed by atoms with Crippen molar-refractivity contribution in [3.8, 4) is 5.75 Å². The van der Waals surface area contributed by atoms with Crippen molar-refractivity contribution in [3.05, 3.63) is 40.9 Å². The fourth-order valence-corrected chi connectivity index (χ4v) is 2.02. The van der Waals surface area contributed by atoms with Crippen molar-refractivity contribution in [1.29, 1.82) is 0 Å². The van der Waals surface area contributed by atoms with Crippen molar-refractivity contribution in [1.82, 2.24) is 14.8 Å². The van der Waals surface area contributed by atoms with E-state index in [0.29, 0.717) is 16.3 Å². The van der Waals surface area contributed by atoms with Crippen LogP contribution in [0.25, 0.3) is 0 Å². The summed E-state index contributed by atoms with van der Waals surface area (Å²) in [5.74, 6) is 1.24. The number of para-hydroxylation sites is 1. The van der Waals surface area contributed by atoms with E-state index in [4.69, 9.17) is 16.3 Å². The van der Waals surface area contributed by atoms with Crippen molar-refractivity contribution in [2.45, 2.75) is 33.1 Å². The van der Waals surface area contributed by atoms with Crippen LogP contribution < -0.4 is 4.74 Å². The molecule has 0 aliphatic carbocycles. The predicted molar refractivity (Wildman–Crippen MR) is 72.0 cm³/mol. The maximum Gasteiger partial charge on any atom is 0.164 e. The molecule has 5 nitrogen and oxygen atoms in total. The van der Waals surface area contributed by atoms with Gasteiger partial charge < -0.3 is 9.84 Å². The van der Waals surface area contributed by atoms with Crippen LogP contribution >= 0.6 is 11.6 Å². The van der Waals surface area contributed by atoms with Crippen molar-refractivity contribution in [2.24, 2.45) is 0 Å². The minimum absolute atomic E-state index is 0.114.